The van der Waals surface area contributed by atoms with Crippen LogP contribution in [0.4, 0.5) is 21.5 Å². The molecule has 0 aliphatic rings. The van der Waals surface area contributed by atoms with Gasteiger partial charge < -0.3 is 15.7 Å². The predicted molar refractivity (Wildman–Crippen MR) is 81.6 cm³/mol. The third-order valence-corrected chi connectivity index (χ3v) is 3.27. The van der Waals surface area contributed by atoms with Gasteiger partial charge in [-0.1, -0.05) is 12.1 Å². The topological polar surface area (TPSA) is 66.6 Å². The van der Waals surface area contributed by atoms with Gasteiger partial charge in [0.2, 0.25) is 0 Å². The van der Waals surface area contributed by atoms with E-state index in [9.17, 15) is 9.18 Å². The van der Waals surface area contributed by atoms with Crippen molar-refractivity contribution in [3.05, 3.63) is 53.3 Å². The van der Waals surface area contributed by atoms with Gasteiger partial charge in [-0.15, -0.1) is 0 Å². The highest BCUT2D eigenvalue weighted by molar-refractivity contribution is 5.91. The number of hydrogen-bond donors (Lipinski definition) is 2. The molecule has 4 nitrogen and oxygen atoms in total. The number of carbonyl (C=O) groups is 1. The van der Waals surface area contributed by atoms with Gasteiger partial charge >= 0.3 is 5.97 Å². The SMILES string of the molecule is CCN(c1cccc(C)c1)c1cc(F)c(C(=O)O)cc1N. The summed E-state index contributed by atoms with van der Waals surface area (Å²) in [5.41, 5.74) is 8.14. The Balaban J connectivity index is 2.53. The fourth-order valence-electron chi connectivity index (χ4n) is 2.27. The summed E-state index contributed by atoms with van der Waals surface area (Å²) in [6.07, 6.45) is 0. The van der Waals surface area contributed by atoms with Crippen molar-refractivity contribution in [1.29, 1.82) is 0 Å². The summed E-state index contributed by atoms with van der Waals surface area (Å²) in [6, 6.07) is 10.1. The van der Waals surface area contributed by atoms with Gasteiger partial charge in [-0.2, -0.15) is 0 Å². The molecule has 0 heterocycles. The van der Waals surface area contributed by atoms with Gasteiger partial charge in [-0.05, 0) is 37.6 Å². The smallest absolute Gasteiger partial charge is 0.338 e. The molecular weight excluding hydrogens is 271 g/mol. The number of carboxylic acids is 1. The van der Waals surface area contributed by atoms with E-state index in [1.165, 1.54) is 6.07 Å². The molecule has 0 unspecified atom stereocenters. The largest absolute Gasteiger partial charge is 0.478 e. The molecule has 3 N–H and O–H groups in total. The first-order chi connectivity index (χ1) is 9.93. The molecule has 2 aromatic rings. The Morgan fingerprint density at radius 1 is 1.33 bits per heavy atom. The van der Waals surface area contributed by atoms with Crippen LogP contribution in [0.3, 0.4) is 0 Å². The quantitative estimate of drug-likeness (QED) is 0.844. The van der Waals surface area contributed by atoms with E-state index < -0.39 is 17.3 Å². The molecule has 0 saturated carbocycles. The van der Waals surface area contributed by atoms with Crippen LogP contribution in [0.2, 0.25) is 0 Å². The third-order valence-electron chi connectivity index (χ3n) is 3.27. The molecule has 0 aromatic heterocycles. The standard InChI is InChI=1S/C16H17FN2O2/c1-3-19(11-6-4-5-10(2)7-11)15-9-13(17)12(16(20)21)8-14(15)18/h4-9H,3,18H2,1-2H3,(H,20,21). The zero-order chi connectivity index (χ0) is 15.6. The molecule has 21 heavy (non-hydrogen) atoms. The van der Waals surface area contributed by atoms with Crippen LogP contribution >= 0.6 is 0 Å². The van der Waals surface area contributed by atoms with Crippen LogP contribution in [0.15, 0.2) is 36.4 Å². The highest BCUT2D eigenvalue weighted by Gasteiger charge is 2.17. The fraction of sp³-hybridized carbons (Fsp3) is 0.188. The number of benzene rings is 2. The Morgan fingerprint density at radius 3 is 2.62 bits per heavy atom. The zero-order valence-electron chi connectivity index (χ0n) is 11.9. The van der Waals surface area contributed by atoms with Gasteiger partial charge in [0.1, 0.15) is 5.82 Å². The lowest BCUT2D eigenvalue weighted by Crippen LogP contribution is -2.18. The van der Waals surface area contributed by atoms with E-state index in [1.54, 1.807) is 0 Å². The van der Waals surface area contributed by atoms with Crippen molar-refractivity contribution < 1.29 is 14.3 Å². The van der Waals surface area contributed by atoms with Crippen molar-refractivity contribution in [2.75, 3.05) is 17.2 Å². The van der Waals surface area contributed by atoms with E-state index in [2.05, 4.69) is 0 Å². The van der Waals surface area contributed by atoms with Gasteiger partial charge in [-0.3, -0.25) is 0 Å². The molecule has 0 bridgehead atoms. The van der Waals surface area contributed by atoms with Crippen molar-refractivity contribution >= 4 is 23.0 Å². The number of nitrogens with two attached hydrogens (primary N) is 1. The first-order valence-electron chi connectivity index (χ1n) is 6.60. The van der Waals surface area contributed by atoms with Crippen LogP contribution in [0, 0.1) is 12.7 Å². The Morgan fingerprint density at radius 2 is 2.05 bits per heavy atom. The van der Waals surface area contributed by atoms with Gasteiger partial charge in [0.15, 0.2) is 0 Å². The van der Waals surface area contributed by atoms with Crippen LogP contribution in [0.25, 0.3) is 0 Å². The molecule has 0 amide bonds. The van der Waals surface area contributed by atoms with Gasteiger partial charge in [-0.25, -0.2) is 9.18 Å². The molecule has 2 aromatic carbocycles. The van der Waals surface area contributed by atoms with E-state index in [0.717, 1.165) is 17.3 Å². The number of anilines is 3. The summed E-state index contributed by atoms with van der Waals surface area (Å²) in [5.74, 6) is -2.12. The van der Waals surface area contributed by atoms with Crippen molar-refractivity contribution in [3.63, 3.8) is 0 Å². The molecule has 0 fully saturated rings. The van der Waals surface area contributed by atoms with E-state index in [-0.39, 0.29) is 5.69 Å². The highest BCUT2D eigenvalue weighted by Crippen LogP contribution is 2.32. The number of halogens is 1. The van der Waals surface area contributed by atoms with E-state index in [4.69, 9.17) is 10.8 Å². The molecule has 0 spiro atoms. The Bertz CT molecular complexity index is 686. The number of rotatable bonds is 4. The van der Waals surface area contributed by atoms with Crippen molar-refractivity contribution in [3.8, 4) is 0 Å². The van der Waals surface area contributed by atoms with E-state index in [1.807, 2.05) is 43.0 Å². The van der Waals surface area contributed by atoms with Crippen molar-refractivity contribution in [1.82, 2.24) is 0 Å². The maximum Gasteiger partial charge on any atom is 0.338 e. The molecular formula is C16H17FN2O2. The number of aromatic carboxylic acids is 1. The number of nitrogens with zero attached hydrogens (tertiary/aromatic N) is 1. The summed E-state index contributed by atoms with van der Waals surface area (Å²) >= 11 is 0. The molecule has 0 aliphatic carbocycles. The first-order valence-corrected chi connectivity index (χ1v) is 6.60. The molecule has 0 atom stereocenters. The van der Waals surface area contributed by atoms with Crippen LogP contribution < -0.4 is 10.6 Å². The Labute approximate surface area is 122 Å². The van der Waals surface area contributed by atoms with Crippen molar-refractivity contribution in [2.45, 2.75) is 13.8 Å². The maximum atomic E-state index is 13.9. The van der Waals surface area contributed by atoms with Gasteiger partial charge in [0.05, 0.1) is 16.9 Å². The zero-order valence-corrected chi connectivity index (χ0v) is 11.9. The summed E-state index contributed by atoms with van der Waals surface area (Å²) < 4.78 is 13.9. The second kappa shape index (κ2) is 5.83. The molecule has 0 saturated heterocycles. The number of hydrogen-bond acceptors (Lipinski definition) is 3. The average Bonchev–Trinajstić information content (AvgIpc) is 2.43. The van der Waals surface area contributed by atoms with Gasteiger partial charge in [0, 0.05) is 18.3 Å². The normalized spacial score (nSPS) is 10.4. The lowest BCUT2D eigenvalue weighted by molar-refractivity contribution is 0.0692. The Kier molecular flexibility index (Phi) is 4.12. The summed E-state index contributed by atoms with van der Waals surface area (Å²) in [5, 5.41) is 8.92. The number of nitrogen functional groups attached to an aromatic ring is 1. The molecule has 0 aliphatic heterocycles. The average molecular weight is 288 g/mol. The lowest BCUT2D eigenvalue weighted by Gasteiger charge is -2.25. The first kappa shape index (κ1) is 14.8. The fourth-order valence-corrected chi connectivity index (χ4v) is 2.27. The van der Waals surface area contributed by atoms with Crippen molar-refractivity contribution in [2.24, 2.45) is 0 Å². The highest BCUT2D eigenvalue weighted by atomic mass is 19.1. The van der Waals surface area contributed by atoms with Crippen LogP contribution in [0.5, 0.6) is 0 Å². The van der Waals surface area contributed by atoms with Crippen LogP contribution in [-0.4, -0.2) is 17.6 Å². The summed E-state index contributed by atoms with van der Waals surface area (Å²) in [7, 11) is 0. The minimum Gasteiger partial charge on any atom is -0.478 e. The minimum absolute atomic E-state index is 0.233. The molecule has 0 radical (unpaired) electrons. The maximum absolute atomic E-state index is 13.9. The van der Waals surface area contributed by atoms with Crippen LogP contribution in [-0.2, 0) is 0 Å². The van der Waals surface area contributed by atoms with Crippen LogP contribution in [0.1, 0.15) is 22.8 Å². The second-order valence-electron chi connectivity index (χ2n) is 4.78. The number of carboxylic acid groups (broad SMARTS) is 1. The Hall–Kier alpha value is -2.56. The summed E-state index contributed by atoms with van der Waals surface area (Å²) in [6.45, 7) is 4.47. The summed E-state index contributed by atoms with van der Waals surface area (Å²) in [4.78, 5) is 12.8. The predicted octanol–water partition coefficient (Wildman–Crippen LogP) is 3.57. The van der Waals surface area contributed by atoms with Gasteiger partial charge in [0.25, 0.3) is 0 Å². The molecule has 110 valence electrons. The molecule has 2 rings (SSSR count). The minimum atomic E-state index is -1.33. The molecule has 5 heteroatoms. The third kappa shape index (κ3) is 2.97. The monoisotopic (exact) mass is 288 g/mol. The number of aryl methyl sites for hydroxylation is 1. The lowest BCUT2D eigenvalue weighted by atomic mass is 10.1. The second-order valence-corrected chi connectivity index (χ2v) is 4.78. The van der Waals surface area contributed by atoms with E-state index >= 15 is 0 Å². The van der Waals surface area contributed by atoms with E-state index in [0.29, 0.717) is 12.2 Å².